The SMILES string of the molecule is CNCC[C@H](OCc1cccc(N2CCCN(C)CC2)c1)c1ccccc1. The molecule has 1 heterocycles. The lowest BCUT2D eigenvalue weighted by Crippen LogP contribution is -2.28. The molecule has 0 saturated carbocycles. The summed E-state index contributed by atoms with van der Waals surface area (Å²) in [4.78, 5) is 4.92. The van der Waals surface area contributed by atoms with E-state index in [1.165, 1.54) is 29.8 Å². The zero-order valence-electron chi connectivity index (χ0n) is 16.7. The molecule has 3 rings (SSSR count). The minimum absolute atomic E-state index is 0.120. The molecule has 1 atom stereocenters. The average molecular weight is 368 g/mol. The molecule has 1 aliphatic rings. The van der Waals surface area contributed by atoms with Crippen LogP contribution in [0.2, 0.25) is 0 Å². The fourth-order valence-corrected chi connectivity index (χ4v) is 3.63. The fraction of sp³-hybridized carbons (Fsp3) is 0.478. The Labute approximate surface area is 164 Å². The highest BCUT2D eigenvalue weighted by molar-refractivity contribution is 5.48. The summed E-state index contributed by atoms with van der Waals surface area (Å²) >= 11 is 0. The molecule has 1 N–H and O–H groups in total. The number of benzene rings is 2. The van der Waals surface area contributed by atoms with Crippen molar-refractivity contribution >= 4 is 5.69 Å². The fourth-order valence-electron chi connectivity index (χ4n) is 3.63. The third-order valence-electron chi connectivity index (χ3n) is 5.27. The van der Waals surface area contributed by atoms with Gasteiger partial charge < -0.3 is 19.9 Å². The van der Waals surface area contributed by atoms with E-state index in [4.69, 9.17) is 4.74 Å². The second kappa shape index (κ2) is 10.5. The topological polar surface area (TPSA) is 27.7 Å². The van der Waals surface area contributed by atoms with E-state index in [0.29, 0.717) is 6.61 Å². The minimum Gasteiger partial charge on any atom is -0.370 e. The molecule has 0 aromatic heterocycles. The van der Waals surface area contributed by atoms with Crippen LogP contribution in [0.3, 0.4) is 0 Å². The molecule has 0 aliphatic carbocycles. The summed E-state index contributed by atoms with van der Waals surface area (Å²) in [7, 11) is 4.20. The van der Waals surface area contributed by atoms with Crippen LogP contribution in [0.5, 0.6) is 0 Å². The first-order valence-corrected chi connectivity index (χ1v) is 10.1. The van der Waals surface area contributed by atoms with Gasteiger partial charge in [0, 0.05) is 25.3 Å². The van der Waals surface area contributed by atoms with Crippen molar-refractivity contribution in [1.82, 2.24) is 10.2 Å². The number of hydrogen-bond acceptors (Lipinski definition) is 4. The highest BCUT2D eigenvalue weighted by Crippen LogP contribution is 2.24. The van der Waals surface area contributed by atoms with E-state index in [1.54, 1.807) is 0 Å². The van der Waals surface area contributed by atoms with Crippen LogP contribution < -0.4 is 10.2 Å². The van der Waals surface area contributed by atoms with Crippen LogP contribution in [0, 0.1) is 0 Å². The summed E-state index contributed by atoms with van der Waals surface area (Å²) in [6.45, 7) is 6.12. The molecule has 27 heavy (non-hydrogen) atoms. The average Bonchev–Trinajstić information content (AvgIpc) is 2.93. The maximum absolute atomic E-state index is 6.33. The van der Waals surface area contributed by atoms with E-state index < -0.39 is 0 Å². The van der Waals surface area contributed by atoms with Crippen molar-refractivity contribution in [2.75, 3.05) is 51.7 Å². The lowest BCUT2D eigenvalue weighted by molar-refractivity contribution is 0.0344. The van der Waals surface area contributed by atoms with Gasteiger partial charge in [-0.05, 0) is 63.3 Å². The quantitative estimate of drug-likeness (QED) is 0.770. The summed E-state index contributed by atoms with van der Waals surface area (Å²) in [5.41, 5.74) is 3.81. The number of rotatable bonds is 8. The number of nitrogens with one attached hydrogen (secondary N) is 1. The molecule has 146 valence electrons. The van der Waals surface area contributed by atoms with E-state index in [9.17, 15) is 0 Å². The molecule has 0 amide bonds. The van der Waals surface area contributed by atoms with Crippen molar-refractivity contribution in [2.24, 2.45) is 0 Å². The van der Waals surface area contributed by atoms with Gasteiger partial charge in [0.25, 0.3) is 0 Å². The van der Waals surface area contributed by atoms with Gasteiger partial charge in [0.05, 0.1) is 12.7 Å². The summed E-state index contributed by atoms with van der Waals surface area (Å²) in [5, 5.41) is 3.24. The highest BCUT2D eigenvalue weighted by Gasteiger charge is 2.14. The molecule has 1 fully saturated rings. The van der Waals surface area contributed by atoms with Gasteiger partial charge in [-0.15, -0.1) is 0 Å². The van der Waals surface area contributed by atoms with Gasteiger partial charge in [-0.25, -0.2) is 0 Å². The number of ether oxygens (including phenoxy) is 1. The zero-order valence-corrected chi connectivity index (χ0v) is 16.7. The maximum atomic E-state index is 6.33. The smallest absolute Gasteiger partial charge is 0.0841 e. The number of nitrogens with zero attached hydrogens (tertiary/aromatic N) is 2. The van der Waals surface area contributed by atoms with Crippen molar-refractivity contribution < 1.29 is 4.74 Å². The second-order valence-electron chi connectivity index (χ2n) is 7.42. The lowest BCUT2D eigenvalue weighted by atomic mass is 10.1. The Kier molecular flexibility index (Phi) is 7.69. The van der Waals surface area contributed by atoms with Crippen LogP contribution in [-0.2, 0) is 11.3 Å². The standard InChI is InChI=1S/C23H33N3O/c1-24-13-12-23(21-9-4-3-5-10-21)27-19-20-8-6-11-22(18-20)26-15-7-14-25(2)16-17-26/h3-6,8-11,18,23-24H,7,12-17,19H2,1-2H3/t23-/m0/s1. The Morgan fingerprint density at radius 3 is 2.67 bits per heavy atom. The Morgan fingerprint density at radius 2 is 1.85 bits per heavy atom. The third kappa shape index (κ3) is 6.06. The molecule has 0 bridgehead atoms. The minimum atomic E-state index is 0.120. The van der Waals surface area contributed by atoms with Crippen LogP contribution >= 0.6 is 0 Å². The molecule has 1 aliphatic heterocycles. The first-order valence-electron chi connectivity index (χ1n) is 10.1. The molecule has 0 spiro atoms. The molecule has 4 heteroatoms. The van der Waals surface area contributed by atoms with Gasteiger partial charge in [-0.1, -0.05) is 42.5 Å². The van der Waals surface area contributed by atoms with Gasteiger partial charge in [0.2, 0.25) is 0 Å². The van der Waals surface area contributed by atoms with Crippen LogP contribution in [0.1, 0.15) is 30.1 Å². The summed E-state index contributed by atoms with van der Waals surface area (Å²) in [6.07, 6.45) is 2.31. The van der Waals surface area contributed by atoms with Crippen LogP contribution in [0.25, 0.3) is 0 Å². The van der Waals surface area contributed by atoms with Crippen molar-refractivity contribution in [3.8, 4) is 0 Å². The largest absolute Gasteiger partial charge is 0.370 e. The molecule has 2 aromatic rings. The first kappa shape index (κ1) is 19.9. The van der Waals surface area contributed by atoms with Gasteiger partial charge in [-0.3, -0.25) is 0 Å². The summed E-state index contributed by atoms with van der Waals surface area (Å²) < 4.78 is 6.33. The number of hydrogen-bond donors (Lipinski definition) is 1. The molecule has 1 saturated heterocycles. The van der Waals surface area contributed by atoms with Gasteiger partial charge in [0.15, 0.2) is 0 Å². The lowest BCUT2D eigenvalue weighted by Gasteiger charge is -2.24. The molecule has 4 nitrogen and oxygen atoms in total. The van der Waals surface area contributed by atoms with Crippen molar-refractivity contribution in [3.63, 3.8) is 0 Å². The molecule has 0 radical (unpaired) electrons. The molecular formula is C23H33N3O. The van der Waals surface area contributed by atoms with Gasteiger partial charge in [-0.2, -0.15) is 0 Å². The Bertz CT molecular complexity index is 676. The van der Waals surface area contributed by atoms with E-state index in [-0.39, 0.29) is 6.10 Å². The summed E-state index contributed by atoms with van der Waals surface area (Å²) in [6, 6.07) is 19.4. The van der Waals surface area contributed by atoms with Crippen molar-refractivity contribution in [1.29, 1.82) is 0 Å². The first-order chi connectivity index (χ1) is 13.3. The number of anilines is 1. The molecule has 2 aromatic carbocycles. The van der Waals surface area contributed by atoms with Gasteiger partial charge in [0.1, 0.15) is 0 Å². The van der Waals surface area contributed by atoms with Crippen LogP contribution in [0.4, 0.5) is 5.69 Å². The van der Waals surface area contributed by atoms with Crippen molar-refractivity contribution in [2.45, 2.75) is 25.6 Å². The van der Waals surface area contributed by atoms with Gasteiger partial charge >= 0.3 is 0 Å². The monoisotopic (exact) mass is 367 g/mol. The summed E-state index contributed by atoms with van der Waals surface area (Å²) in [5.74, 6) is 0. The molecular weight excluding hydrogens is 334 g/mol. The maximum Gasteiger partial charge on any atom is 0.0841 e. The van der Waals surface area contributed by atoms with Crippen LogP contribution in [-0.4, -0.2) is 51.7 Å². The van der Waals surface area contributed by atoms with E-state index in [2.05, 4.69) is 76.8 Å². The van der Waals surface area contributed by atoms with Crippen molar-refractivity contribution in [3.05, 3.63) is 65.7 Å². The Hall–Kier alpha value is -1.88. The predicted molar refractivity (Wildman–Crippen MR) is 113 cm³/mol. The van der Waals surface area contributed by atoms with E-state index >= 15 is 0 Å². The van der Waals surface area contributed by atoms with E-state index in [1.807, 2.05) is 7.05 Å². The second-order valence-corrected chi connectivity index (χ2v) is 7.42. The van der Waals surface area contributed by atoms with E-state index in [0.717, 1.165) is 32.6 Å². The Balaban J connectivity index is 1.64. The Morgan fingerprint density at radius 1 is 1.00 bits per heavy atom. The highest BCUT2D eigenvalue weighted by atomic mass is 16.5. The number of likely N-dealkylation sites (N-methyl/N-ethyl adjacent to an activating group) is 1. The van der Waals surface area contributed by atoms with Crippen LogP contribution in [0.15, 0.2) is 54.6 Å². The third-order valence-corrected chi connectivity index (χ3v) is 5.27. The normalized spacial score (nSPS) is 16.9. The molecule has 0 unspecified atom stereocenters. The predicted octanol–water partition coefficient (Wildman–Crippen LogP) is 3.70. The zero-order chi connectivity index (χ0) is 18.9.